The molecule has 0 unspecified atom stereocenters. The van der Waals surface area contributed by atoms with Crippen LogP contribution in [0.25, 0.3) is 0 Å². The van der Waals surface area contributed by atoms with Crippen LogP contribution >= 0.6 is 24.0 Å². The summed E-state index contributed by atoms with van der Waals surface area (Å²) in [5.74, 6) is 0.443. The van der Waals surface area contributed by atoms with Crippen LogP contribution in [-0.2, 0) is 0 Å². The molecule has 2 nitrogen and oxygen atoms in total. The van der Waals surface area contributed by atoms with E-state index in [1.165, 1.54) is 25.3 Å². The smallest absolute Gasteiger partial charge is 0.125 e. The van der Waals surface area contributed by atoms with Crippen LogP contribution in [0, 0.1) is 11.7 Å². The van der Waals surface area contributed by atoms with E-state index in [2.05, 4.69) is 10.2 Å². The van der Waals surface area contributed by atoms with Gasteiger partial charge in [-0.2, -0.15) is 0 Å². The number of hydrogen-bond acceptors (Lipinski definition) is 2. The molecule has 2 fully saturated rings. The fraction of sp³-hybridized carbons (Fsp3) is 0.600. The van der Waals surface area contributed by atoms with E-state index in [4.69, 9.17) is 11.6 Å². The van der Waals surface area contributed by atoms with Gasteiger partial charge in [-0.3, -0.25) is 4.90 Å². The molecular weight excluding hydrogens is 298 g/mol. The second kappa shape index (κ2) is 7.08. The fourth-order valence-corrected chi connectivity index (χ4v) is 3.47. The molecule has 1 aliphatic carbocycles. The summed E-state index contributed by atoms with van der Waals surface area (Å²) >= 11 is 6.03. The third kappa shape index (κ3) is 3.45. The topological polar surface area (TPSA) is 15.3 Å². The Kier molecular flexibility index (Phi) is 5.67. The van der Waals surface area contributed by atoms with Crippen LogP contribution in [0.4, 0.5) is 4.39 Å². The molecule has 1 aliphatic heterocycles. The molecule has 3 rings (SSSR count). The Hall–Kier alpha value is -0.350. The van der Waals surface area contributed by atoms with Gasteiger partial charge >= 0.3 is 0 Å². The van der Waals surface area contributed by atoms with E-state index in [9.17, 15) is 4.39 Å². The molecule has 112 valence electrons. The van der Waals surface area contributed by atoms with Gasteiger partial charge in [0, 0.05) is 37.2 Å². The number of piperazine rings is 1. The molecule has 2 aliphatic rings. The number of benzene rings is 1. The van der Waals surface area contributed by atoms with E-state index in [1.54, 1.807) is 6.07 Å². The predicted molar refractivity (Wildman–Crippen MR) is 83.2 cm³/mol. The molecule has 1 saturated heterocycles. The normalized spacial score (nSPS) is 21.9. The highest BCUT2D eigenvalue weighted by molar-refractivity contribution is 6.30. The minimum absolute atomic E-state index is 0. The zero-order chi connectivity index (χ0) is 13.2. The Morgan fingerprint density at radius 3 is 2.45 bits per heavy atom. The monoisotopic (exact) mass is 318 g/mol. The summed E-state index contributed by atoms with van der Waals surface area (Å²) in [7, 11) is 0. The summed E-state index contributed by atoms with van der Waals surface area (Å²) in [6.45, 7) is 4.11. The molecule has 1 aromatic rings. The van der Waals surface area contributed by atoms with Gasteiger partial charge in [0.2, 0.25) is 0 Å². The van der Waals surface area contributed by atoms with Gasteiger partial charge < -0.3 is 5.32 Å². The van der Waals surface area contributed by atoms with Crippen molar-refractivity contribution >= 4 is 24.0 Å². The second-order valence-electron chi connectivity index (χ2n) is 5.62. The SMILES string of the molecule is Cl.Fc1cc(Cl)cc([C@H](C2CCC2)N2CCNCC2)c1. The zero-order valence-corrected chi connectivity index (χ0v) is 13.0. The van der Waals surface area contributed by atoms with Crippen molar-refractivity contribution in [3.05, 3.63) is 34.6 Å². The molecule has 1 aromatic carbocycles. The van der Waals surface area contributed by atoms with Gasteiger partial charge in [0.15, 0.2) is 0 Å². The molecule has 20 heavy (non-hydrogen) atoms. The van der Waals surface area contributed by atoms with E-state index in [1.807, 2.05) is 6.07 Å². The Morgan fingerprint density at radius 1 is 1.20 bits per heavy atom. The third-order valence-corrected chi connectivity index (χ3v) is 4.59. The molecular formula is C15H21Cl2FN2. The molecule has 0 radical (unpaired) electrons. The van der Waals surface area contributed by atoms with Gasteiger partial charge in [0.25, 0.3) is 0 Å². The highest BCUT2D eigenvalue weighted by atomic mass is 35.5. The van der Waals surface area contributed by atoms with Crippen LogP contribution in [0.15, 0.2) is 18.2 Å². The maximum absolute atomic E-state index is 13.6. The van der Waals surface area contributed by atoms with E-state index in [0.29, 0.717) is 17.0 Å². The van der Waals surface area contributed by atoms with Gasteiger partial charge in [-0.1, -0.05) is 18.0 Å². The van der Waals surface area contributed by atoms with Crippen LogP contribution in [0.1, 0.15) is 30.9 Å². The first-order valence-electron chi connectivity index (χ1n) is 7.15. The lowest BCUT2D eigenvalue weighted by molar-refractivity contribution is 0.0835. The fourth-order valence-electron chi connectivity index (χ4n) is 3.24. The second-order valence-corrected chi connectivity index (χ2v) is 6.06. The van der Waals surface area contributed by atoms with E-state index in [-0.39, 0.29) is 18.2 Å². The Labute approximate surface area is 131 Å². The average Bonchev–Trinajstić information content (AvgIpc) is 2.33. The van der Waals surface area contributed by atoms with Crippen molar-refractivity contribution in [3.63, 3.8) is 0 Å². The number of halogens is 3. The molecule has 0 aromatic heterocycles. The average molecular weight is 319 g/mol. The summed E-state index contributed by atoms with van der Waals surface area (Å²) in [6, 6.07) is 5.33. The van der Waals surface area contributed by atoms with Crippen molar-refractivity contribution in [1.82, 2.24) is 10.2 Å². The quantitative estimate of drug-likeness (QED) is 0.915. The first-order valence-corrected chi connectivity index (χ1v) is 7.52. The van der Waals surface area contributed by atoms with Crippen molar-refractivity contribution in [2.45, 2.75) is 25.3 Å². The molecule has 1 heterocycles. The first kappa shape index (κ1) is 16.0. The number of hydrogen-bond donors (Lipinski definition) is 1. The third-order valence-electron chi connectivity index (χ3n) is 4.37. The summed E-state index contributed by atoms with van der Waals surface area (Å²) < 4.78 is 13.6. The summed E-state index contributed by atoms with van der Waals surface area (Å²) in [5.41, 5.74) is 1.05. The van der Waals surface area contributed by atoms with Crippen molar-refractivity contribution < 1.29 is 4.39 Å². The van der Waals surface area contributed by atoms with E-state index >= 15 is 0 Å². The van der Waals surface area contributed by atoms with E-state index < -0.39 is 0 Å². The molecule has 1 atom stereocenters. The predicted octanol–water partition coefficient (Wildman–Crippen LogP) is 3.65. The van der Waals surface area contributed by atoms with E-state index in [0.717, 1.165) is 31.7 Å². The zero-order valence-electron chi connectivity index (χ0n) is 11.4. The highest BCUT2D eigenvalue weighted by Gasteiger charge is 2.33. The van der Waals surface area contributed by atoms with Crippen molar-refractivity contribution in [1.29, 1.82) is 0 Å². The Balaban J connectivity index is 0.00000147. The standard InChI is InChI=1S/C15H20ClFN2.ClH/c16-13-8-12(9-14(17)10-13)15(11-2-1-3-11)19-6-4-18-5-7-19;/h8-11,15,18H,1-7H2;1H/t15-;/m0./s1. The number of rotatable bonds is 3. The summed E-state index contributed by atoms with van der Waals surface area (Å²) in [5, 5.41) is 3.89. The van der Waals surface area contributed by atoms with Gasteiger partial charge in [-0.05, 0) is 42.5 Å². The minimum atomic E-state index is -0.220. The minimum Gasteiger partial charge on any atom is -0.314 e. The van der Waals surface area contributed by atoms with Crippen LogP contribution in [0.5, 0.6) is 0 Å². The van der Waals surface area contributed by atoms with Crippen LogP contribution in [0.3, 0.4) is 0 Å². The molecule has 1 N–H and O–H groups in total. The summed E-state index contributed by atoms with van der Waals surface area (Å²) in [4.78, 5) is 2.49. The molecule has 5 heteroatoms. The highest BCUT2D eigenvalue weighted by Crippen LogP contribution is 2.42. The number of nitrogens with one attached hydrogen (secondary N) is 1. The molecule has 1 saturated carbocycles. The van der Waals surface area contributed by atoms with Crippen molar-refractivity contribution in [2.75, 3.05) is 26.2 Å². The molecule has 0 amide bonds. The maximum Gasteiger partial charge on any atom is 0.125 e. The van der Waals surface area contributed by atoms with Crippen LogP contribution in [0.2, 0.25) is 5.02 Å². The van der Waals surface area contributed by atoms with Gasteiger partial charge in [0.05, 0.1) is 0 Å². The molecule has 0 bridgehead atoms. The lowest BCUT2D eigenvalue weighted by Gasteiger charge is -2.43. The van der Waals surface area contributed by atoms with Crippen LogP contribution < -0.4 is 5.32 Å². The Bertz CT molecular complexity index is 425. The van der Waals surface area contributed by atoms with Crippen molar-refractivity contribution in [3.8, 4) is 0 Å². The molecule has 0 spiro atoms. The van der Waals surface area contributed by atoms with Crippen LogP contribution in [-0.4, -0.2) is 31.1 Å². The largest absolute Gasteiger partial charge is 0.314 e. The first-order chi connectivity index (χ1) is 9.24. The number of nitrogens with zero attached hydrogens (tertiary/aromatic N) is 1. The van der Waals surface area contributed by atoms with Gasteiger partial charge in [-0.25, -0.2) is 4.39 Å². The summed E-state index contributed by atoms with van der Waals surface area (Å²) in [6.07, 6.45) is 3.81. The lowest BCUT2D eigenvalue weighted by Crippen LogP contribution is -2.47. The Morgan fingerprint density at radius 2 is 1.90 bits per heavy atom. The van der Waals surface area contributed by atoms with Crippen molar-refractivity contribution in [2.24, 2.45) is 5.92 Å². The lowest BCUT2D eigenvalue weighted by atomic mass is 9.76. The maximum atomic E-state index is 13.6. The van der Waals surface area contributed by atoms with Gasteiger partial charge in [0.1, 0.15) is 5.82 Å². The van der Waals surface area contributed by atoms with Gasteiger partial charge in [-0.15, -0.1) is 12.4 Å².